The quantitative estimate of drug-likeness (QED) is 0.796. The molecule has 0 saturated carbocycles. The van der Waals surface area contributed by atoms with E-state index in [0.29, 0.717) is 0 Å². The molecule has 1 aromatic carbocycles. The van der Waals surface area contributed by atoms with Gasteiger partial charge in [0, 0.05) is 18.8 Å². The summed E-state index contributed by atoms with van der Waals surface area (Å²) in [6, 6.07) is 8.27. The lowest BCUT2D eigenvalue weighted by molar-refractivity contribution is 0.173. The molecule has 0 aromatic heterocycles. The zero-order valence-electron chi connectivity index (χ0n) is 10.6. The van der Waals surface area contributed by atoms with E-state index in [9.17, 15) is 5.11 Å². The van der Waals surface area contributed by atoms with Gasteiger partial charge in [0.1, 0.15) is 0 Å². The minimum atomic E-state index is -0.324. The van der Waals surface area contributed by atoms with Crippen molar-refractivity contribution in [1.29, 1.82) is 0 Å². The fraction of sp³-hybridized carbons (Fsp3) is 0.571. The van der Waals surface area contributed by atoms with Crippen LogP contribution in [0.1, 0.15) is 45.3 Å². The summed E-state index contributed by atoms with van der Waals surface area (Å²) in [4.78, 5) is 2.35. The Hall–Kier alpha value is -1.02. The first-order valence-electron chi connectivity index (χ1n) is 6.25. The van der Waals surface area contributed by atoms with E-state index >= 15 is 0 Å². The van der Waals surface area contributed by atoms with E-state index in [0.717, 1.165) is 31.5 Å². The molecule has 90 valence electrons. The SMILES string of the molecule is CCCN(CC)c1ccc(C(O)CC)cc1. The lowest BCUT2D eigenvalue weighted by Crippen LogP contribution is -2.23. The van der Waals surface area contributed by atoms with E-state index < -0.39 is 0 Å². The van der Waals surface area contributed by atoms with Gasteiger partial charge in [-0.05, 0) is 37.5 Å². The van der Waals surface area contributed by atoms with Crippen molar-refractivity contribution in [1.82, 2.24) is 0 Å². The number of hydrogen-bond acceptors (Lipinski definition) is 2. The van der Waals surface area contributed by atoms with Crippen molar-refractivity contribution < 1.29 is 5.11 Å². The van der Waals surface area contributed by atoms with Crippen molar-refractivity contribution in [2.75, 3.05) is 18.0 Å². The smallest absolute Gasteiger partial charge is 0.0787 e. The maximum atomic E-state index is 9.71. The second-order valence-electron chi connectivity index (χ2n) is 4.10. The summed E-state index contributed by atoms with van der Waals surface area (Å²) in [6.07, 6.45) is 1.61. The molecule has 1 N–H and O–H groups in total. The van der Waals surface area contributed by atoms with Crippen molar-refractivity contribution in [3.8, 4) is 0 Å². The summed E-state index contributed by atoms with van der Waals surface area (Å²) < 4.78 is 0. The molecule has 1 aromatic rings. The number of aliphatic hydroxyl groups is 1. The van der Waals surface area contributed by atoms with Crippen LogP contribution < -0.4 is 4.90 Å². The largest absolute Gasteiger partial charge is 0.388 e. The first-order valence-corrected chi connectivity index (χ1v) is 6.25. The van der Waals surface area contributed by atoms with Crippen LogP contribution in [0.15, 0.2) is 24.3 Å². The minimum absolute atomic E-state index is 0.324. The van der Waals surface area contributed by atoms with Gasteiger partial charge in [-0.25, -0.2) is 0 Å². The fourth-order valence-corrected chi connectivity index (χ4v) is 1.88. The average Bonchev–Trinajstić information content (AvgIpc) is 2.35. The minimum Gasteiger partial charge on any atom is -0.388 e. The van der Waals surface area contributed by atoms with Crippen LogP contribution in [0.4, 0.5) is 5.69 Å². The number of anilines is 1. The molecule has 0 spiro atoms. The molecular weight excluding hydrogens is 198 g/mol. The Balaban J connectivity index is 2.76. The van der Waals surface area contributed by atoms with Crippen LogP contribution in [0.25, 0.3) is 0 Å². The topological polar surface area (TPSA) is 23.5 Å². The summed E-state index contributed by atoms with van der Waals surface area (Å²) in [5, 5.41) is 9.71. The summed E-state index contributed by atoms with van der Waals surface area (Å²) in [5.41, 5.74) is 2.26. The zero-order chi connectivity index (χ0) is 12.0. The van der Waals surface area contributed by atoms with Crippen molar-refractivity contribution >= 4 is 5.69 Å². The van der Waals surface area contributed by atoms with Gasteiger partial charge in [-0.2, -0.15) is 0 Å². The summed E-state index contributed by atoms with van der Waals surface area (Å²) in [5.74, 6) is 0. The zero-order valence-corrected chi connectivity index (χ0v) is 10.6. The highest BCUT2D eigenvalue weighted by Crippen LogP contribution is 2.21. The Morgan fingerprint density at radius 1 is 1.12 bits per heavy atom. The molecule has 16 heavy (non-hydrogen) atoms. The monoisotopic (exact) mass is 221 g/mol. The lowest BCUT2D eigenvalue weighted by Gasteiger charge is -2.22. The molecule has 0 amide bonds. The molecular formula is C14H23NO. The van der Waals surface area contributed by atoms with E-state index in [1.165, 1.54) is 5.69 Å². The molecule has 2 nitrogen and oxygen atoms in total. The summed E-state index contributed by atoms with van der Waals surface area (Å²) in [6.45, 7) is 8.48. The Morgan fingerprint density at radius 3 is 2.19 bits per heavy atom. The summed E-state index contributed by atoms with van der Waals surface area (Å²) >= 11 is 0. The van der Waals surface area contributed by atoms with Crippen LogP contribution in [-0.2, 0) is 0 Å². The van der Waals surface area contributed by atoms with Gasteiger partial charge in [0.25, 0.3) is 0 Å². The van der Waals surface area contributed by atoms with Gasteiger partial charge in [-0.3, -0.25) is 0 Å². The van der Waals surface area contributed by atoms with Gasteiger partial charge >= 0.3 is 0 Å². The maximum absolute atomic E-state index is 9.71. The van der Waals surface area contributed by atoms with Crippen molar-refractivity contribution in [2.24, 2.45) is 0 Å². The standard InChI is InChI=1S/C14H23NO/c1-4-11-15(6-3)13-9-7-12(8-10-13)14(16)5-2/h7-10,14,16H,4-6,11H2,1-3H3. The molecule has 1 rings (SSSR count). The Kier molecular flexibility index (Phi) is 5.33. The van der Waals surface area contributed by atoms with Gasteiger partial charge in [0.15, 0.2) is 0 Å². The van der Waals surface area contributed by atoms with E-state index in [-0.39, 0.29) is 6.10 Å². The predicted molar refractivity (Wildman–Crippen MR) is 69.9 cm³/mol. The van der Waals surface area contributed by atoms with Crippen LogP contribution in [0.3, 0.4) is 0 Å². The van der Waals surface area contributed by atoms with Crippen LogP contribution in [0, 0.1) is 0 Å². The molecule has 1 unspecified atom stereocenters. The Labute approximate surface area is 98.9 Å². The van der Waals surface area contributed by atoms with Crippen molar-refractivity contribution in [2.45, 2.75) is 39.7 Å². The predicted octanol–water partition coefficient (Wildman–Crippen LogP) is 3.37. The normalized spacial score (nSPS) is 12.5. The van der Waals surface area contributed by atoms with E-state index in [2.05, 4.69) is 30.9 Å². The van der Waals surface area contributed by atoms with Gasteiger partial charge in [-0.1, -0.05) is 26.0 Å². The van der Waals surface area contributed by atoms with E-state index in [1.54, 1.807) is 0 Å². The number of nitrogens with zero attached hydrogens (tertiary/aromatic N) is 1. The number of benzene rings is 1. The first-order chi connectivity index (χ1) is 7.72. The highest BCUT2D eigenvalue weighted by atomic mass is 16.3. The van der Waals surface area contributed by atoms with Crippen molar-refractivity contribution in [3.63, 3.8) is 0 Å². The third-order valence-electron chi connectivity index (χ3n) is 2.90. The molecule has 0 aliphatic rings. The van der Waals surface area contributed by atoms with Crippen LogP contribution in [-0.4, -0.2) is 18.2 Å². The average molecular weight is 221 g/mol. The molecule has 0 aliphatic heterocycles. The lowest BCUT2D eigenvalue weighted by atomic mass is 10.1. The highest BCUT2D eigenvalue weighted by Gasteiger charge is 2.06. The van der Waals surface area contributed by atoms with Crippen LogP contribution in [0.5, 0.6) is 0 Å². The number of aliphatic hydroxyl groups excluding tert-OH is 1. The highest BCUT2D eigenvalue weighted by molar-refractivity contribution is 5.47. The molecule has 0 fully saturated rings. The van der Waals surface area contributed by atoms with Crippen LogP contribution >= 0.6 is 0 Å². The first kappa shape index (κ1) is 13.0. The van der Waals surface area contributed by atoms with Crippen LogP contribution in [0.2, 0.25) is 0 Å². The molecule has 0 bridgehead atoms. The Morgan fingerprint density at radius 2 is 1.75 bits per heavy atom. The van der Waals surface area contributed by atoms with Gasteiger partial charge in [0.2, 0.25) is 0 Å². The molecule has 0 saturated heterocycles. The second kappa shape index (κ2) is 6.54. The summed E-state index contributed by atoms with van der Waals surface area (Å²) in [7, 11) is 0. The Bertz CT molecular complexity index is 294. The molecule has 0 radical (unpaired) electrons. The molecule has 2 heteroatoms. The van der Waals surface area contributed by atoms with Gasteiger partial charge in [-0.15, -0.1) is 0 Å². The van der Waals surface area contributed by atoms with Gasteiger partial charge < -0.3 is 10.0 Å². The molecule has 0 aliphatic carbocycles. The third kappa shape index (κ3) is 3.24. The third-order valence-corrected chi connectivity index (χ3v) is 2.90. The van der Waals surface area contributed by atoms with E-state index in [1.807, 2.05) is 19.1 Å². The number of rotatable bonds is 6. The fourth-order valence-electron chi connectivity index (χ4n) is 1.88. The second-order valence-corrected chi connectivity index (χ2v) is 4.10. The molecule has 0 heterocycles. The number of hydrogen-bond donors (Lipinski definition) is 1. The van der Waals surface area contributed by atoms with Crippen molar-refractivity contribution in [3.05, 3.63) is 29.8 Å². The maximum Gasteiger partial charge on any atom is 0.0787 e. The van der Waals surface area contributed by atoms with E-state index in [4.69, 9.17) is 0 Å². The van der Waals surface area contributed by atoms with Gasteiger partial charge in [0.05, 0.1) is 6.10 Å². The molecule has 1 atom stereocenters.